The predicted molar refractivity (Wildman–Crippen MR) is 88.2 cm³/mol. The zero-order valence-electron chi connectivity index (χ0n) is 13.2. The second kappa shape index (κ2) is 6.01. The van der Waals surface area contributed by atoms with Gasteiger partial charge in [0.05, 0.1) is 25.1 Å². The normalized spacial score (nSPS) is 13.0. The van der Waals surface area contributed by atoms with Gasteiger partial charge in [0, 0.05) is 23.2 Å². The minimum atomic E-state index is -0.939. The van der Waals surface area contributed by atoms with Crippen molar-refractivity contribution >= 4 is 11.4 Å². The molecule has 1 aliphatic rings. The van der Waals surface area contributed by atoms with Crippen molar-refractivity contribution in [2.45, 2.75) is 0 Å². The van der Waals surface area contributed by atoms with Crippen LogP contribution in [0.25, 0.3) is 16.7 Å². The van der Waals surface area contributed by atoms with E-state index >= 15 is 0 Å². The lowest BCUT2D eigenvalue weighted by Gasteiger charge is -2.18. The van der Waals surface area contributed by atoms with Crippen LogP contribution in [0.15, 0.2) is 47.3 Å². The summed E-state index contributed by atoms with van der Waals surface area (Å²) in [5.41, 5.74) is 1.89. The molecular formula is C18H13F2N3O2. The molecule has 1 aliphatic heterocycles. The first-order valence-electron chi connectivity index (χ1n) is 7.57. The molecule has 0 radical (unpaired) electrons. The molecule has 126 valence electrons. The highest BCUT2D eigenvalue weighted by Crippen LogP contribution is 2.38. The molecule has 0 amide bonds. The van der Waals surface area contributed by atoms with Crippen LogP contribution in [0.2, 0.25) is 0 Å². The van der Waals surface area contributed by atoms with Gasteiger partial charge in [0.15, 0.2) is 17.4 Å². The van der Waals surface area contributed by atoms with Crippen molar-refractivity contribution in [3.8, 4) is 16.9 Å². The Morgan fingerprint density at radius 2 is 2.04 bits per heavy atom. The first kappa shape index (κ1) is 15.3. The minimum Gasteiger partial charge on any atom is -0.495 e. The number of benzene rings is 1. The number of fused-ring (bicyclic) bond motifs is 1. The molecule has 0 saturated carbocycles. The molecule has 3 aromatic rings. The van der Waals surface area contributed by atoms with Crippen molar-refractivity contribution in [1.82, 2.24) is 10.1 Å². The van der Waals surface area contributed by atoms with Gasteiger partial charge in [-0.1, -0.05) is 23.4 Å². The third-order valence-corrected chi connectivity index (χ3v) is 4.02. The summed E-state index contributed by atoms with van der Waals surface area (Å²) in [7, 11) is 1.55. The number of hydrogen-bond acceptors (Lipinski definition) is 5. The van der Waals surface area contributed by atoms with Crippen LogP contribution >= 0.6 is 0 Å². The van der Waals surface area contributed by atoms with Crippen LogP contribution in [0.3, 0.4) is 0 Å². The van der Waals surface area contributed by atoms with Crippen LogP contribution in [-0.4, -0.2) is 23.8 Å². The van der Waals surface area contributed by atoms with E-state index in [0.717, 1.165) is 11.6 Å². The fourth-order valence-corrected chi connectivity index (χ4v) is 2.82. The number of nitrogens with one attached hydrogen (secondary N) is 1. The molecule has 0 bridgehead atoms. The maximum Gasteiger partial charge on any atom is 0.175 e. The fraction of sp³-hybridized carbons (Fsp3) is 0.111. The zero-order chi connectivity index (χ0) is 17.4. The molecule has 1 N–H and O–H groups in total. The fourth-order valence-electron chi connectivity index (χ4n) is 2.82. The zero-order valence-corrected chi connectivity index (χ0v) is 13.2. The average Bonchev–Trinajstić information content (AvgIpc) is 3.12. The third kappa shape index (κ3) is 2.53. The maximum atomic E-state index is 14.2. The van der Waals surface area contributed by atoms with Crippen molar-refractivity contribution in [2.24, 2.45) is 0 Å². The highest BCUT2D eigenvalue weighted by molar-refractivity contribution is 5.91. The Morgan fingerprint density at radius 3 is 2.88 bits per heavy atom. The standard InChI is InChI=1S/C18H13F2N3O2/c1-24-10-7-13-12(5-6-21-18(13)22-8-10)17-14(9-23-25-17)11-3-2-4-15(19)16(11)20/h2-5,7-9H,6H2,1H3,(H,21,22). The van der Waals surface area contributed by atoms with E-state index in [9.17, 15) is 8.78 Å². The van der Waals surface area contributed by atoms with Crippen molar-refractivity contribution < 1.29 is 18.0 Å². The molecular weight excluding hydrogens is 328 g/mol. The van der Waals surface area contributed by atoms with Gasteiger partial charge in [-0.3, -0.25) is 0 Å². The second-order valence-electron chi connectivity index (χ2n) is 5.44. The third-order valence-electron chi connectivity index (χ3n) is 4.02. The van der Waals surface area contributed by atoms with E-state index in [2.05, 4.69) is 15.5 Å². The highest BCUT2D eigenvalue weighted by Gasteiger charge is 2.24. The molecule has 1 aromatic carbocycles. The molecule has 0 unspecified atom stereocenters. The van der Waals surface area contributed by atoms with Gasteiger partial charge in [-0.25, -0.2) is 13.8 Å². The lowest BCUT2D eigenvalue weighted by molar-refractivity contribution is 0.409. The Morgan fingerprint density at radius 1 is 1.16 bits per heavy atom. The molecule has 25 heavy (non-hydrogen) atoms. The van der Waals surface area contributed by atoms with Crippen molar-refractivity contribution in [3.05, 3.63) is 65.7 Å². The van der Waals surface area contributed by atoms with Crippen LogP contribution in [0.1, 0.15) is 11.3 Å². The minimum absolute atomic E-state index is 0.0908. The van der Waals surface area contributed by atoms with E-state index in [1.54, 1.807) is 19.4 Å². The Balaban J connectivity index is 1.87. The largest absolute Gasteiger partial charge is 0.495 e. The molecule has 0 fully saturated rings. The van der Waals surface area contributed by atoms with Gasteiger partial charge in [0.25, 0.3) is 0 Å². The molecule has 7 heteroatoms. The molecule has 0 aliphatic carbocycles. The van der Waals surface area contributed by atoms with E-state index in [4.69, 9.17) is 9.26 Å². The van der Waals surface area contributed by atoms with E-state index in [-0.39, 0.29) is 5.56 Å². The number of halogens is 2. The Kier molecular flexibility index (Phi) is 3.68. The van der Waals surface area contributed by atoms with Gasteiger partial charge in [-0.2, -0.15) is 0 Å². The van der Waals surface area contributed by atoms with Crippen LogP contribution in [0.4, 0.5) is 14.6 Å². The summed E-state index contributed by atoms with van der Waals surface area (Å²) in [6.07, 6.45) is 4.86. The van der Waals surface area contributed by atoms with Crippen LogP contribution in [0.5, 0.6) is 5.75 Å². The summed E-state index contributed by atoms with van der Waals surface area (Å²) < 4.78 is 38.4. The number of anilines is 1. The molecule has 3 heterocycles. The quantitative estimate of drug-likeness (QED) is 0.783. The summed E-state index contributed by atoms with van der Waals surface area (Å²) in [5.74, 6) is -0.285. The van der Waals surface area contributed by atoms with E-state index < -0.39 is 11.6 Å². The number of aromatic nitrogens is 2. The van der Waals surface area contributed by atoms with Gasteiger partial charge in [-0.05, 0) is 12.1 Å². The molecule has 5 nitrogen and oxygen atoms in total. The molecule has 0 atom stereocenters. The lowest BCUT2D eigenvalue weighted by Crippen LogP contribution is -2.11. The van der Waals surface area contributed by atoms with Gasteiger partial charge in [-0.15, -0.1) is 0 Å². The lowest BCUT2D eigenvalue weighted by atomic mass is 9.95. The Labute approximate surface area is 141 Å². The first-order valence-corrected chi connectivity index (χ1v) is 7.57. The molecule has 4 rings (SSSR count). The summed E-state index contributed by atoms with van der Waals surface area (Å²) in [4.78, 5) is 4.31. The second-order valence-corrected chi connectivity index (χ2v) is 5.44. The number of hydrogen-bond donors (Lipinski definition) is 1. The molecule has 0 saturated heterocycles. The van der Waals surface area contributed by atoms with Crippen LogP contribution in [0, 0.1) is 11.6 Å². The maximum absolute atomic E-state index is 14.2. The first-order chi connectivity index (χ1) is 12.2. The summed E-state index contributed by atoms with van der Waals surface area (Å²) in [6, 6.07) is 5.80. The Hall–Kier alpha value is -3.22. The number of rotatable bonds is 3. The number of nitrogens with zero attached hydrogens (tertiary/aromatic N) is 2. The van der Waals surface area contributed by atoms with Crippen molar-refractivity contribution in [1.29, 1.82) is 0 Å². The van der Waals surface area contributed by atoms with Crippen molar-refractivity contribution in [3.63, 3.8) is 0 Å². The van der Waals surface area contributed by atoms with Gasteiger partial charge >= 0.3 is 0 Å². The van der Waals surface area contributed by atoms with E-state index in [1.165, 1.54) is 18.3 Å². The summed E-state index contributed by atoms with van der Waals surface area (Å²) in [6.45, 7) is 0.521. The van der Waals surface area contributed by atoms with Crippen LogP contribution < -0.4 is 10.1 Å². The summed E-state index contributed by atoms with van der Waals surface area (Å²) >= 11 is 0. The predicted octanol–water partition coefficient (Wildman–Crippen LogP) is 3.88. The number of ether oxygens (including phenoxy) is 1. The van der Waals surface area contributed by atoms with Gasteiger partial charge in [0.1, 0.15) is 11.6 Å². The average molecular weight is 341 g/mol. The number of methoxy groups -OCH3 is 1. The van der Waals surface area contributed by atoms with E-state index in [1.807, 2.05) is 6.08 Å². The Bertz CT molecular complexity index is 982. The monoisotopic (exact) mass is 341 g/mol. The number of pyridine rings is 1. The van der Waals surface area contributed by atoms with E-state index in [0.29, 0.717) is 35.0 Å². The topological polar surface area (TPSA) is 60.2 Å². The highest BCUT2D eigenvalue weighted by atomic mass is 19.2. The van der Waals surface area contributed by atoms with Gasteiger partial charge < -0.3 is 14.6 Å². The molecule has 2 aromatic heterocycles. The van der Waals surface area contributed by atoms with Crippen molar-refractivity contribution in [2.75, 3.05) is 19.0 Å². The smallest absolute Gasteiger partial charge is 0.175 e. The molecule has 0 spiro atoms. The SMILES string of the molecule is COc1cnc2c(c1)C(c1oncc1-c1cccc(F)c1F)=CCN2. The summed E-state index contributed by atoms with van der Waals surface area (Å²) in [5, 5.41) is 6.93. The van der Waals surface area contributed by atoms with Gasteiger partial charge in [0.2, 0.25) is 0 Å². The van der Waals surface area contributed by atoms with Crippen LogP contribution in [-0.2, 0) is 0 Å².